The highest BCUT2D eigenvalue weighted by Gasteiger charge is 2.19. The second kappa shape index (κ2) is 12.7. The van der Waals surface area contributed by atoms with Gasteiger partial charge in [-0.3, -0.25) is 9.78 Å². The van der Waals surface area contributed by atoms with E-state index in [4.69, 9.17) is 0 Å². The Hall–Kier alpha value is -1.69. The van der Waals surface area contributed by atoms with E-state index in [1.807, 2.05) is 23.1 Å². The first-order chi connectivity index (χ1) is 12.7. The van der Waals surface area contributed by atoms with Crippen LogP contribution in [0.15, 0.2) is 48.7 Å². The van der Waals surface area contributed by atoms with E-state index in [2.05, 4.69) is 10.3 Å². The Bertz CT molecular complexity index is 695. The van der Waals surface area contributed by atoms with Gasteiger partial charge in [0.1, 0.15) is 5.82 Å². The average molecular weight is 428 g/mol. The van der Waals surface area contributed by atoms with E-state index in [-0.39, 0.29) is 36.5 Å². The smallest absolute Gasteiger partial charge is 0.222 e. The number of nitrogens with one attached hydrogen (secondary N) is 1. The number of pyridine rings is 1. The molecule has 1 saturated heterocycles. The Labute approximate surface area is 178 Å². The molecule has 1 N–H and O–H groups in total. The molecule has 2 heterocycles. The summed E-state index contributed by atoms with van der Waals surface area (Å²) < 4.78 is 13.2. The normalized spacial score (nSPS) is 15.4. The minimum absolute atomic E-state index is 0. The molecule has 0 saturated carbocycles. The zero-order valence-corrected chi connectivity index (χ0v) is 17.5. The van der Waals surface area contributed by atoms with Crippen LogP contribution in [0.2, 0.25) is 0 Å². The van der Waals surface area contributed by atoms with Gasteiger partial charge in [-0.25, -0.2) is 4.39 Å². The Morgan fingerprint density at radius 2 is 1.96 bits per heavy atom. The molecule has 0 bridgehead atoms. The van der Waals surface area contributed by atoms with Gasteiger partial charge in [-0.1, -0.05) is 18.2 Å². The molecule has 0 aliphatic carbocycles. The lowest BCUT2D eigenvalue weighted by Crippen LogP contribution is -2.33. The molecular formula is C21H28Cl2FN3O. The summed E-state index contributed by atoms with van der Waals surface area (Å²) in [6, 6.07) is 12.2. The van der Waals surface area contributed by atoms with Gasteiger partial charge in [-0.2, -0.15) is 0 Å². The Kier molecular flexibility index (Phi) is 11.0. The van der Waals surface area contributed by atoms with Crippen LogP contribution in [0.1, 0.15) is 30.5 Å². The number of carbonyl (C=O) groups excluding carboxylic acids is 1. The fourth-order valence-corrected chi connectivity index (χ4v) is 3.34. The molecule has 3 rings (SSSR count). The first kappa shape index (κ1) is 24.3. The van der Waals surface area contributed by atoms with Gasteiger partial charge in [-0.15, -0.1) is 24.8 Å². The van der Waals surface area contributed by atoms with Crippen LogP contribution in [-0.2, 0) is 17.8 Å². The minimum Gasteiger partial charge on any atom is -0.338 e. The standard InChI is InChI=1S/C21H26FN3O.2ClH/c22-19-7-4-18(5-8-19)16-25(14-11-20-3-1-2-12-24-20)21(26)9-6-17-10-13-23-15-17;;/h1-5,7-8,12,17,23H,6,9-11,13-16H2;2*1H. The predicted octanol–water partition coefficient (Wildman–Crippen LogP) is 4.03. The van der Waals surface area contributed by atoms with Gasteiger partial charge in [-0.05, 0) is 61.7 Å². The van der Waals surface area contributed by atoms with Crippen molar-refractivity contribution in [2.45, 2.75) is 32.2 Å². The van der Waals surface area contributed by atoms with Crippen molar-refractivity contribution < 1.29 is 9.18 Å². The quantitative estimate of drug-likeness (QED) is 0.691. The number of benzene rings is 1. The molecule has 1 aliphatic rings. The zero-order valence-electron chi connectivity index (χ0n) is 15.9. The number of nitrogens with zero attached hydrogens (tertiary/aromatic N) is 2. The SMILES string of the molecule is Cl.Cl.O=C(CCC1CCNC1)N(CCc1ccccn1)Cc1ccc(F)cc1. The molecule has 1 aliphatic heterocycles. The maximum atomic E-state index is 13.2. The van der Waals surface area contributed by atoms with Crippen LogP contribution in [0, 0.1) is 11.7 Å². The second-order valence-electron chi connectivity index (χ2n) is 6.91. The lowest BCUT2D eigenvalue weighted by atomic mass is 10.0. The van der Waals surface area contributed by atoms with E-state index < -0.39 is 0 Å². The minimum atomic E-state index is -0.256. The van der Waals surface area contributed by atoms with E-state index in [9.17, 15) is 9.18 Å². The Balaban J connectivity index is 0.00000196. The van der Waals surface area contributed by atoms with Crippen molar-refractivity contribution in [2.75, 3.05) is 19.6 Å². The molecule has 1 amide bonds. The molecule has 1 aromatic carbocycles. The van der Waals surface area contributed by atoms with Gasteiger partial charge in [0.15, 0.2) is 0 Å². The van der Waals surface area contributed by atoms with Crippen LogP contribution in [0.3, 0.4) is 0 Å². The maximum Gasteiger partial charge on any atom is 0.222 e. The van der Waals surface area contributed by atoms with Crippen molar-refractivity contribution in [1.29, 1.82) is 0 Å². The fraction of sp³-hybridized carbons (Fsp3) is 0.429. The average Bonchev–Trinajstić information content (AvgIpc) is 3.19. The third-order valence-corrected chi connectivity index (χ3v) is 4.93. The summed E-state index contributed by atoms with van der Waals surface area (Å²) in [4.78, 5) is 19.0. The monoisotopic (exact) mass is 427 g/mol. The second-order valence-corrected chi connectivity index (χ2v) is 6.91. The summed E-state index contributed by atoms with van der Waals surface area (Å²) >= 11 is 0. The van der Waals surface area contributed by atoms with E-state index in [0.717, 1.165) is 43.6 Å². The third kappa shape index (κ3) is 7.74. The number of aromatic nitrogens is 1. The van der Waals surface area contributed by atoms with Gasteiger partial charge in [0, 0.05) is 37.8 Å². The summed E-state index contributed by atoms with van der Waals surface area (Å²) in [5.74, 6) is 0.508. The van der Waals surface area contributed by atoms with E-state index >= 15 is 0 Å². The van der Waals surface area contributed by atoms with Gasteiger partial charge in [0.2, 0.25) is 5.91 Å². The van der Waals surface area contributed by atoms with Crippen LogP contribution >= 0.6 is 24.8 Å². The lowest BCUT2D eigenvalue weighted by Gasteiger charge is -2.23. The largest absolute Gasteiger partial charge is 0.338 e. The van der Waals surface area contributed by atoms with Crippen LogP contribution in [0.5, 0.6) is 0 Å². The molecule has 154 valence electrons. The number of hydrogen-bond donors (Lipinski definition) is 1. The number of hydrogen-bond acceptors (Lipinski definition) is 3. The fourth-order valence-electron chi connectivity index (χ4n) is 3.34. The maximum absolute atomic E-state index is 13.2. The van der Waals surface area contributed by atoms with Crippen molar-refractivity contribution in [2.24, 2.45) is 5.92 Å². The summed E-state index contributed by atoms with van der Waals surface area (Å²) in [6.45, 7) is 3.20. The van der Waals surface area contributed by atoms with Gasteiger partial charge >= 0.3 is 0 Å². The number of carbonyl (C=O) groups is 1. The molecule has 1 aromatic heterocycles. The molecule has 2 aromatic rings. The number of halogens is 3. The predicted molar refractivity (Wildman–Crippen MR) is 114 cm³/mol. The summed E-state index contributed by atoms with van der Waals surface area (Å²) in [7, 11) is 0. The van der Waals surface area contributed by atoms with Crippen molar-refractivity contribution >= 4 is 30.7 Å². The molecule has 1 fully saturated rings. The van der Waals surface area contributed by atoms with Crippen molar-refractivity contribution in [3.8, 4) is 0 Å². The first-order valence-electron chi connectivity index (χ1n) is 9.33. The van der Waals surface area contributed by atoms with Gasteiger partial charge in [0.25, 0.3) is 0 Å². The summed E-state index contributed by atoms with van der Waals surface area (Å²) in [6.07, 6.45) is 5.14. The van der Waals surface area contributed by atoms with Gasteiger partial charge in [0.05, 0.1) is 0 Å². The molecule has 7 heteroatoms. The summed E-state index contributed by atoms with van der Waals surface area (Å²) in [5.41, 5.74) is 1.92. The molecule has 1 unspecified atom stereocenters. The van der Waals surface area contributed by atoms with Crippen molar-refractivity contribution in [1.82, 2.24) is 15.2 Å². The first-order valence-corrected chi connectivity index (χ1v) is 9.33. The molecule has 28 heavy (non-hydrogen) atoms. The Morgan fingerprint density at radius 3 is 2.61 bits per heavy atom. The van der Waals surface area contributed by atoms with Gasteiger partial charge < -0.3 is 10.2 Å². The number of amides is 1. The topological polar surface area (TPSA) is 45.2 Å². The Morgan fingerprint density at radius 1 is 1.18 bits per heavy atom. The zero-order chi connectivity index (χ0) is 18.2. The van der Waals surface area contributed by atoms with E-state index in [1.54, 1.807) is 18.3 Å². The van der Waals surface area contributed by atoms with Crippen LogP contribution in [0.4, 0.5) is 4.39 Å². The van der Waals surface area contributed by atoms with Crippen LogP contribution < -0.4 is 5.32 Å². The lowest BCUT2D eigenvalue weighted by molar-refractivity contribution is -0.132. The molecule has 0 radical (unpaired) electrons. The summed E-state index contributed by atoms with van der Waals surface area (Å²) in [5, 5.41) is 3.35. The molecular weight excluding hydrogens is 400 g/mol. The van der Waals surface area contributed by atoms with Crippen LogP contribution in [-0.4, -0.2) is 35.4 Å². The van der Waals surface area contributed by atoms with E-state index in [0.29, 0.717) is 25.4 Å². The van der Waals surface area contributed by atoms with E-state index in [1.165, 1.54) is 12.1 Å². The van der Waals surface area contributed by atoms with Crippen molar-refractivity contribution in [3.63, 3.8) is 0 Å². The highest BCUT2D eigenvalue weighted by atomic mass is 35.5. The highest BCUT2D eigenvalue weighted by molar-refractivity contribution is 5.85. The number of rotatable bonds is 8. The van der Waals surface area contributed by atoms with Crippen molar-refractivity contribution in [3.05, 3.63) is 65.7 Å². The molecule has 4 nitrogen and oxygen atoms in total. The van der Waals surface area contributed by atoms with Crippen LogP contribution in [0.25, 0.3) is 0 Å². The molecule has 0 spiro atoms. The molecule has 1 atom stereocenters. The third-order valence-electron chi connectivity index (χ3n) is 4.93. The highest BCUT2D eigenvalue weighted by Crippen LogP contribution is 2.16.